The highest BCUT2D eigenvalue weighted by molar-refractivity contribution is 5.31. The highest BCUT2D eigenvalue weighted by Gasteiger charge is 2.28. The number of nitrogens with one attached hydrogen (secondary N) is 1. The molecular formula is C20H25NO2. The summed E-state index contributed by atoms with van der Waals surface area (Å²) in [6.07, 6.45) is 1.02. The Hall–Kier alpha value is -1.68. The molecule has 2 aromatic carbocycles. The van der Waals surface area contributed by atoms with Gasteiger partial charge in [0.25, 0.3) is 0 Å². The van der Waals surface area contributed by atoms with Crippen LogP contribution in [0.3, 0.4) is 0 Å². The van der Waals surface area contributed by atoms with E-state index in [0.717, 1.165) is 24.0 Å². The maximum atomic E-state index is 10.6. The Balaban J connectivity index is 1.58. The predicted molar refractivity (Wildman–Crippen MR) is 92.1 cm³/mol. The van der Waals surface area contributed by atoms with E-state index >= 15 is 0 Å². The van der Waals surface area contributed by atoms with Crippen LogP contribution in [0.1, 0.15) is 42.2 Å². The van der Waals surface area contributed by atoms with Crippen LogP contribution in [-0.2, 0) is 6.42 Å². The molecule has 0 heterocycles. The maximum Gasteiger partial charge on any atom is 0.0940 e. The van der Waals surface area contributed by atoms with E-state index in [9.17, 15) is 10.2 Å². The lowest BCUT2D eigenvalue weighted by Gasteiger charge is -2.32. The van der Waals surface area contributed by atoms with Gasteiger partial charge in [0.1, 0.15) is 0 Å². The lowest BCUT2D eigenvalue weighted by Crippen LogP contribution is -2.38. The lowest BCUT2D eigenvalue weighted by atomic mass is 9.81. The summed E-state index contributed by atoms with van der Waals surface area (Å²) in [5, 5.41) is 24.4. The zero-order chi connectivity index (χ0) is 16.2. The molecule has 4 atom stereocenters. The van der Waals surface area contributed by atoms with Gasteiger partial charge in [0.2, 0.25) is 0 Å². The molecule has 0 aromatic heterocycles. The Kier molecular flexibility index (Phi) is 5.11. The molecule has 23 heavy (non-hydrogen) atoms. The molecule has 1 aliphatic carbocycles. The van der Waals surface area contributed by atoms with Crippen LogP contribution in [0.25, 0.3) is 0 Å². The summed E-state index contributed by atoms with van der Waals surface area (Å²) >= 11 is 0. The van der Waals surface area contributed by atoms with Gasteiger partial charge >= 0.3 is 0 Å². The number of hydrogen-bond donors (Lipinski definition) is 3. The van der Waals surface area contributed by atoms with Crippen molar-refractivity contribution in [2.75, 3.05) is 6.54 Å². The molecule has 3 N–H and O–H groups in total. The van der Waals surface area contributed by atoms with Crippen molar-refractivity contribution < 1.29 is 10.2 Å². The van der Waals surface area contributed by atoms with Crippen molar-refractivity contribution in [2.24, 2.45) is 5.92 Å². The molecule has 122 valence electrons. The molecule has 0 aliphatic heterocycles. The summed E-state index contributed by atoms with van der Waals surface area (Å²) in [5.74, 6) is 0.190. The standard InChI is InChI=1S/C20H25NO2/c1-14(19(22)16-8-3-2-4-9-16)21-13-17-12-11-15-7-5-6-10-18(15)20(17)23/h2-10,14,17,19-23H,11-13H2,1H3. The van der Waals surface area contributed by atoms with Gasteiger partial charge in [-0.3, -0.25) is 0 Å². The third-order valence-electron chi connectivity index (χ3n) is 4.92. The van der Waals surface area contributed by atoms with Gasteiger partial charge in [-0.2, -0.15) is 0 Å². The molecular weight excluding hydrogens is 286 g/mol. The molecule has 0 spiro atoms. The first-order valence-electron chi connectivity index (χ1n) is 8.39. The Labute approximate surface area is 138 Å². The maximum absolute atomic E-state index is 10.6. The van der Waals surface area contributed by atoms with Gasteiger partial charge in [0.05, 0.1) is 12.2 Å². The van der Waals surface area contributed by atoms with E-state index in [4.69, 9.17) is 0 Å². The minimum absolute atomic E-state index is 0.0539. The van der Waals surface area contributed by atoms with E-state index in [1.165, 1.54) is 5.56 Å². The monoisotopic (exact) mass is 311 g/mol. The summed E-state index contributed by atoms with van der Waals surface area (Å²) in [7, 11) is 0. The number of fused-ring (bicyclic) bond motifs is 1. The van der Waals surface area contributed by atoms with Gasteiger partial charge in [-0.05, 0) is 36.5 Å². The average Bonchev–Trinajstić information content (AvgIpc) is 2.61. The number of aliphatic hydroxyl groups excluding tert-OH is 2. The molecule has 0 fully saturated rings. The summed E-state index contributed by atoms with van der Waals surface area (Å²) < 4.78 is 0. The van der Waals surface area contributed by atoms with E-state index in [1.807, 2.05) is 55.5 Å². The summed E-state index contributed by atoms with van der Waals surface area (Å²) in [6, 6.07) is 17.8. The molecule has 0 amide bonds. The second-order valence-corrected chi connectivity index (χ2v) is 6.49. The molecule has 3 nitrogen and oxygen atoms in total. The molecule has 0 saturated heterocycles. The molecule has 0 saturated carbocycles. The first-order valence-corrected chi connectivity index (χ1v) is 8.39. The fourth-order valence-electron chi connectivity index (χ4n) is 3.40. The van der Waals surface area contributed by atoms with E-state index in [-0.39, 0.29) is 12.0 Å². The van der Waals surface area contributed by atoms with Crippen LogP contribution in [0.5, 0.6) is 0 Å². The minimum Gasteiger partial charge on any atom is -0.388 e. The second-order valence-electron chi connectivity index (χ2n) is 6.49. The van der Waals surface area contributed by atoms with Gasteiger partial charge in [0, 0.05) is 18.5 Å². The number of benzene rings is 2. The van der Waals surface area contributed by atoms with E-state index in [1.54, 1.807) is 0 Å². The van der Waals surface area contributed by atoms with Crippen molar-refractivity contribution in [1.82, 2.24) is 5.32 Å². The van der Waals surface area contributed by atoms with Gasteiger partial charge < -0.3 is 15.5 Å². The van der Waals surface area contributed by atoms with Crippen LogP contribution in [0, 0.1) is 5.92 Å². The topological polar surface area (TPSA) is 52.5 Å². The Morgan fingerprint density at radius 3 is 2.57 bits per heavy atom. The minimum atomic E-state index is -0.538. The Morgan fingerprint density at radius 1 is 1.09 bits per heavy atom. The summed E-state index contributed by atoms with van der Waals surface area (Å²) in [6.45, 7) is 2.70. The molecule has 3 heteroatoms. The number of rotatable bonds is 5. The van der Waals surface area contributed by atoms with Crippen LogP contribution in [0.4, 0.5) is 0 Å². The van der Waals surface area contributed by atoms with Crippen molar-refractivity contribution >= 4 is 0 Å². The van der Waals surface area contributed by atoms with Crippen LogP contribution in [0.15, 0.2) is 54.6 Å². The largest absolute Gasteiger partial charge is 0.388 e. The third kappa shape index (κ3) is 3.63. The first-order chi connectivity index (χ1) is 11.2. The Bertz CT molecular complexity index is 629. The molecule has 2 aromatic rings. The highest BCUT2D eigenvalue weighted by Crippen LogP contribution is 2.34. The molecule has 1 aliphatic rings. The lowest BCUT2D eigenvalue weighted by molar-refractivity contribution is 0.0812. The van der Waals surface area contributed by atoms with Crippen LogP contribution in [0.2, 0.25) is 0 Å². The summed E-state index contributed by atoms with van der Waals surface area (Å²) in [5.41, 5.74) is 3.23. The highest BCUT2D eigenvalue weighted by atomic mass is 16.3. The van der Waals surface area contributed by atoms with Crippen LogP contribution >= 0.6 is 0 Å². The van der Waals surface area contributed by atoms with Crippen molar-refractivity contribution in [2.45, 2.75) is 38.0 Å². The SMILES string of the molecule is CC(NCC1CCc2ccccc2C1O)C(O)c1ccccc1. The fraction of sp³-hybridized carbons (Fsp3) is 0.400. The average molecular weight is 311 g/mol. The van der Waals surface area contributed by atoms with Crippen molar-refractivity contribution in [3.05, 3.63) is 71.3 Å². The number of aliphatic hydroxyl groups is 2. The van der Waals surface area contributed by atoms with Crippen molar-refractivity contribution in [1.29, 1.82) is 0 Å². The number of hydrogen-bond acceptors (Lipinski definition) is 3. The normalized spacial score (nSPS) is 23.1. The first kappa shape index (κ1) is 16.2. The molecule has 0 bridgehead atoms. The smallest absolute Gasteiger partial charge is 0.0940 e. The quantitative estimate of drug-likeness (QED) is 0.795. The fourth-order valence-corrected chi connectivity index (χ4v) is 3.40. The van der Waals surface area contributed by atoms with E-state index in [0.29, 0.717) is 6.54 Å². The van der Waals surface area contributed by atoms with Gasteiger partial charge in [-0.1, -0.05) is 54.6 Å². The van der Waals surface area contributed by atoms with Crippen molar-refractivity contribution in [3.8, 4) is 0 Å². The predicted octanol–water partition coefficient (Wildman–Crippen LogP) is 2.99. The Morgan fingerprint density at radius 2 is 1.78 bits per heavy atom. The van der Waals surface area contributed by atoms with Crippen LogP contribution < -0.4 is 5.32 Å². The molecule has 4 unspecified atom stereocenters. The van der Waals surface area contributed by atoms with Crippen LogP contribution in [-0.4, -0.2) is 22.8 Å². The van der Waals surface area contributed by atoms with E-state index < -0.39 is 12.2 Å². The number of aryl methyl sites for hydroxylation is 1. The van der Waals surface area contributed by atoms with E-state index in [2.05, 4.69) is 11.4 Å². The summed E-state index contributed by atoms with van der Waals surface area (Å²) in [4.78, 5) is 0. The van der Waals surface area contributed by atoms with Crippen molar-refractivity contribution in [3.63, 3.8) is 0 Å². The van der Waals surface area contributed by atoms with Gasteiger partial charge in [-0.25, -0.2) is 0 Å². The zero-order valence-corrected chi connectivity index (χ0v) is 13.5. The van der Waals surface area contributed by atoms with Gasteiger partial charge in [0.15, 0.2) is 0 Å². The third-order valence-corrected chi connectivity index (χ3v) is 4.92. The second kappa shape index (κ2) is 7.26. The zero-order valence-electron chi connectivity index (χ0n) is 13.5. The molecule has 0 radical (unpaired) electrons. The van der Waals surface area contributed by atoms with Gasteiger partial charge in [-0.15, -0.1) is 0 Å². The molecule has 3 rings (SSSR count).